The highest BCUT2D eigenvalue weighted by Gasteiger charge is 2.05. The number of nitrogens with zero attached hydrogens (tertiary/aromatic N) is 3. The molecular formula is C9H11N3O. The maximum Gasteiger partial charge on any atom is 0.0869 e. The van der Waals surface area contributed by atoms with Gasteiger partial charge in [0, 0.05) is 11.6 Å². The van der Waals surface area contributed by atoms with Gasteiger partial charge in [0.2, 0.25) is 0 Å². The van der Waals surface area contributed by atoms with E-state index >= 15 is 0 Å². The number of aliphatic hydroxyl groups excluding tert-OH is 1. The lowest BCUT2D eigenvalue weighted by Crippen LogP contribution is -2.03. The van der Waals surface area contributed by atoms with Gasteiger partial charge in [0.25, 0.3) is 0 Å². The van der Waals surface area contributed by atoms with Crippen LogP contribution in [0, 0.1) is 6.92 Å². The predicted molar refractivity (Wildman–Crippen MR) is 49.4 cm³/mol. The zero-order valence-electron chi connectivity index (χ0n) is 7.44. The minimum absolute atomic E-state index is 0.102. The van der Waals surface area contributed by atoms with E-state index < -0.39 is 0 Å². The van der Waals surface area contributed by atoms with Crippen LogP contribution >= 0.6 is 0 Å². The highest BCUT2D eigenvalue weighted by molar-refractivity contribution is 5.80. The summed E-state index contributed by atoms with van der Waals surface area (Å²) in [4.78, 5) is 4.03. The standard InChI is InChI=1S/C9H11N3O/c1-7-8-2-3-10-6-9(8)12(11-7)4-5-13/h2-3,6,13H,4-5H2,1H3. The molecule has 0 saturated carbocycles. The van der Waals surface area contributed by atoms with E-state index in [0.29, 0.717) is 6.54 Å². The van der Waals surface area contributed by atoms with Crippen LogP contribution in [0.25, 0.3) is 10.9 Å². The summed E-state index contributed by atoms with van der Waals surface area (Å²) in [5.74, 6) is 0. The molecule has 0 bridgehead atoms. The number of aliphatic hydroxyl groups is 1. The zero-order valence-corrected chi connectivity index (χ0v) is 7.44. The minimum Gasteiger partial charge on any atom is -0.394 e. The Kier molecular flexibility index (Phi) is 1.98. The molecule has 0 spiro atoms. The summed E-state index contributed by atoms with van der Waals surface area (Å²) in [6.07, 6.45) is 3.52. The Bertz CT molecular complexity index is 422. The smallest absolute Gasteiger partial charge is 0.0869 e. The van der Waals surface area contributed by atoms with Crippen LogP contribution in [0.3, 0.4) is 0 Å². The molecule has 13 heavy (non-hydrogen) atoms. The lowest BCUT2D eigenvalue weighted by Gasteiger charge is -1.97. The first kappa shape index (κ1) is 8.19. The molecule has 0 aliphatic carbocycles. The summed E-state index contributed by atoms with van der Waals surface area (Å²) >= 11 is 0. The van der Waals surface area contributed by atoms with Crippen LogP contribution in [-0.2, 0) is 6.54 Å². The topological polar surface area (TPSA) is 50.9 Å². The van der Waals surface area contributed by atoms with Crippen molar-refractivity contribution in [1.82, 2.24) is 14.8 Å². The second-order valence-corrected chi connectivity index (χ2v) is 2.92. The maximum absolute atomic E-state index is 8.81. The number of pyridine rings is 1. The third-order valence-electron chi connectivity index (χ3n) is 2.05. The zero-order chi connectivity index (χ0) is 9.26. The first-order valence-electron chi connectivity index (χ1n) is 4.21. The van der Waals surface area contributed by atoms with Crippen molar-refractivity contribution in [3.05, 3.63) is 24.2 Å². The second kappa shape index (κ2) is 3.14. The molecule has 0 amide bonds. The first-order chi connectivity index (χ1) is 6.33. The van der Waals surface area contributed by atoms with Crippen LogP contribution < -0.4 is 0 Å². The van der Waals surface area contributed by atoms with E-state index in [1.807, 2.05) is 13.0 Å². The number of fused-ring (bicyclic) bond motifs is 1. The van der Waals surface area contributed by atoms with Crippen molar-refractivity contribution in [2.45, 2.75) is 13.5 Å². The summed E-state index contributed by atoms with van der Waals surface area (Å²) in [6, 6.07) is 1.94. The molecule has 2 rings (SSSR count). The molecule has 0 saturated heterocycles. The van der Waals surface area contributed by atoms with E-state index in [1.165, 1.54) is 0 Å². The van der Waals surface area contributed by atoms with Gasteiger partial charge < -0.3 is 5.11 Å². The minimum atomic E-state index is 0.102. The monoisotopic (exact) mass is 177 g/mol. The van der Waals surface area contributed by atoms with Crippen LogP contribution in [0.1, 0.15) is 5.69 Å². The third kappa shape index (κ3) is 1.29. The lowest BCUT2D eigenvalue weighted by atomic mass is 10.3. The summed E-state index contributed by atoms with van der Waals surface area (Å²) in [5.41, 5.74) is 1.96. The SMILES string of the molecule is Cc1nn(CCO)c2cnccc12. The molecule has 4 heteroatoms. The molecule has 1 N–H and O–H groups in total. The van der Waals surface area contributed by atoms with Gasteiger partial charge >= 0.3 is 0 Å². The molecule has 2 aromatic rings. The number of hydrogen-bond donors (Lipinski definition) is 1. The molecule has 68 valence electrons. The van der Waals surface area contributed by atoms with E-state index in [0.717, 1.165) is 16.6 Å². The van der Waals surface area contributed by atoms with E-state index in [9.17, 15) is 0 Å². The Balaban J connectivity index is 2.63. The van der Waals surface area contributed by atoms with Gasteiger partial charge in [0.15, 0.2) is 0 Å². The van der Waals surface area contributed by atoms with Gasteiger partial charge in [-0.3, -0.25) is 9.67 Å². The molecular weight excluding hydrogens is 166 g/mol. The predicted octanol–water partition coefficient (Wildman–Crippen LogP) is 0.732. The van der Waals surface area contributed by atoms with Crippen molar-refractivity contribution in [3.63, 3.8) is 0 Å². The van der Waals surface area contributed by atoms with Crippen molar-refractivity contribution >= 4 is 10.9 Å². The van der Waals surface area contributed by atoms with Gasteiger partial charge in [-0.1, -0.05) is 0 Å². The lowest BCUT2D eigenvalue weighted by molar-refractivity contribution is 0.271. The van der Waals surface area contributed by atoms with Gasteiger partial charge in [0.1, 0.15) is 0 Å². The number of aromatic nitrogens is 3. The van der Waals surface area contributed by atoms with Gasteiger partial charge in [-0.25, -0.2) is 0 Å². The van der Waals surface area contributed by atoms with Crippen molar-refractivity contribution < 1.29 is 5.11 Å². The molecule has 0 fully saturated rings. The first-order valence-corrected chi connectivity index (χ1v) is 4.21. The molecule has 2 heterocycles. The fourth-order valence-electron chi connectivity index (χ4n) is 1.45. The Hall–Kier alpha value is -1.42. The molecule has 2 aromatic heterocycles. The summed E-state index contributed by atoms with van der Waals surface area (Å²) in [7, 11) is 0. The van der Waals surface area contributed by atoms with Crippen molar-refractivity contribution in [2.24, 2.45) is 0 Å². The van der Waals surface area contributed by atoms with Crippen molar-refractivity contribution in [3.8, 4) is 0 Å². The van der Waals surface area contributed by atoms with E-state index in [4.69, 9.17) is 5.11 Å². The number of hydrogen-bond acceptors (Lipinski definition) is 3. The van der Waals surface area contributed by atoms with Crippen LogP contribution in [0.4, 0.5) is 0 Å². The molecule has 0 aliphatic heterocycles. The van der Waals surface area contributed by atoms with Crippen LogP contribution in [0.5, 0.6) is 0 Å². The number of aryl methyl sites for hydroxylation is 1. The largest absolute Gasteiger partial charge is 0.394 e. The fourth-order valence-corrected chi connectivity index (χ4v) is 1.45. The molecule has 0 atom stereocenters. The third-order valence-corrected chi connectivity index (χ3v) is 2.05. The van der Waals surface area contributed by atoms with E-state index in [2.05, 4.69) is 10.1 Å². The Morgan fingerprint density at radius 2 is 2.38 bits per heavy atom. The normalized spacial score (nSPS) is 10.9. The average molecular weight is 177 g/mol. The fraction of sp³-hybridized carbons (Fsp3) is 0.333. The Labute approximate surface area is 75.8 Å². The molecule has 0 unspecified atom stereocenters. The van der Waals surface area contributed by atoms with Crippen LogP contribution in [0.2, 0.25) is 0 Å². The molecule has 4 nitrogen and oxygen atoms in total. The van der Waals surface area contributed by atoms with Crippen LogP contribution in [-0.4, -0.2) is 26.5 Å². The van der Waals surface area contributed by atoms with Gasteiger partial charge in [-0.15, -0.1) is 0 Å². The number of rotatable bonds is 2. The Morgan fingerprint density at radius 1 is 1.54 bits per heavy atom. The van der Waals surface area contributed by atoms with E-state index in [1.54, 1.807) is 17.1 Å². The molecule has 0 radical (unpaired) electrons. The van der Waals surface area contributed by atoms with Crippen molar-refractivity contribution in [1.29, 1.82) is 0 Å². The van der Waals surface area contributed by atoms with E-state index in [-0.39, 0.29) is 6.61 Å². The highest BCUT2D eigenvalue weighted by Crippen LogP contribution is 2.15. The maximum atomic E-state index is 8.81. The summed E-state index contributed by atoms with van der Waals surface area (Å²) in [6.45, 7) is 2.58. The summed E-state index contributed by atoms with van der Waals surface area (Å²) in [5, 5.41) is 14.2. The van der Waals surface area contributed by atoms with Crippen molar-refractivity contribution in [2.75, 3.05) is 6.61 Å². The quantitative estimate of drug-likeness (QED) is 0.735. The second-order valence-electron chi connectivity index (χ2n) is 2.92. The van der Waals surface area contributed by atoms with Gasteiger partial charge in [-0.2, -0.15) is 5.10 Å². The van der Waals surface area contributed by atoms with Gasteiger partial charge in [0.05, 0.1) is 30.6 Å². The average Bonchev–Trinajstić information content (AvgIpc) is 2.46. The molecule has 0 aromatic carbocycles. The summed E-state index contributed by atoms with van der Waals surface area (Å²) < 4.78 is 1.78. The van der Waals surface area contributed by atoms with Crippen LogP contribution in [0.15, 0.2) is 18.5 Å². The Morgan fingerprint density at radius 3 is 3.15 bits per heavy atom. The van der Waals surface area contributed by atoms with Gasteiger partial charge in [-0.05, 0) is 13.0 Å². The highest BCUT2D eigenvalue weighted by atomic mass is 16.3. The molecule has 0 aliphatic rings.